The summed E-state index contributed by atoms with van der Waals surface area (Å²) in [5.41, 5.74) is 7.25. The largest absolute Gasteiger partial charge is 0.490 e. The predicted molar refractivity (Wildman–Crippen MR) is 84.2 cm³/mol. The molecule has 0 radical (unpaired) electrons. The van der Waals surface area contributed by atoms with Crippen molar-refractivity contribution in [2.24, 2.45) is 5.73 Å². The lowest BCUT2D eigenvalue weighted by molar-refractivity contribution is 0.0555. The van der Waals surface area contributed by atoms with Crippen LogP contribution in [0, 0.1) is 0 Å². The number of fused-ring (bicyclic) bond motifs is 1. The average Bonchev–Trinajstić information content (AvgIpc) is 2.42. The fourth-order valence-electron chi connectivity index (χ4n) is 1.87. The summed E-state index contributed by atoms with van der Waals surface area (Å²) in [6, 6.07) is 7.74. The van der Waals surface area contributed by atoms with E-state index in [9.17, 15) is 0 Å². The molecule has 1 aromatic heterocycles. The summed E-state index contributed by atoms with van der Waals surface area (Å²) in [5.74, 6) is 0.676. The minimum Gasteiger partial charge on any atom is -0.490 e. The number of hydrogen-bond acceptors (Lipinski definition) is 4. The highest BCUT2D eigenvalue weighted by molar-refractivity contribution is 7.80. The first-order valence-corrected chi connectivity index (χ1v) is 6.92. The third kappa shape index (κ3) is 3.43. The Kier molecular flexibility index (Phi) is 4.87. The molecule has 20 heavy (non-hydrogen) atoms. The molecule has 2 aromatic rings. The minimum atomic E-state index is 0.183. The zero-order chi connectivity index (χ0) is 14.5. The minimum absolute atomic E-state index is 0.183. The van der Waals surface area contributed by atoms with E-state index in [0.29, 0.717) is 24.5 Å². The van der Waals surface area contributed by atoms with Crippen LogP contribution in [0.4, 0.5) is 0 Å². The quantitative estimate of drug-likeness (QED) is 0.655. The maximum absolute atomic E-state index is 5.83. The van der Waals surface area contributed by atoms with E-state index in [1.165, 1.54) is 0 Å². The first kappa shape index (κ1) is 14.7. The molecule has 5 heteroatoms. The van der Waals surface area contributed by atoms with Gasteiger partial charge < -0.3 is 15.2 Å². The Morgan fingerprint density at radius 1 is 1.30 bits per heavy atom. The van der Waals surface area contributed by atoms with Crippen LogP contribution in [-0.2, 0) is 4.74 Å². The van der Waals surface area contributed by atoms with Gasteiger partial charge in [-0.25, -0.2) is 0 Å². The van der Waals surface area contributed by atoms with E-state index in [1.54, 1.807) is 6.20 Å². The molecule has 0 aliphatic carbocycles. The molecule has 0 atom stereocenters. The van der Waals surface area contributed by atoms with Gasteiger partial charge in [-0.3, -0.25) is 4.98 Å². The molecule has 0 saturated heterocycles. The monoisotopic (exact) mass is 290 g/mol. The molecule has 1 heterocycles. The SMILES string of the molecule is CC(C)OCCOc1c(C(N)=S)cnc2ccccc12. The number of hydrogen-bond donors (Lipinski definition) is 1. The summed E-state index contributed by atoms with van der Waals surface area (Å²) >= 11 is 5.06. The third-order valence-electron chi connectivity index (χ3n) is 2.77. The van der Waals surface area contributed by atoms with Crippen LogP contribution < -0.4 is 10.5 Å². The maximum Gasteiger partial charge on any atom is 0.140 e. The van der Waals surface area contributed by atoms with Crippen molar-refractivity contribution >= 4 is 28.1 Å². The summed E-state index contributed by atoms with van der Waals surface area (Å²) in [7, 11) is 0. The maximum atomic E-state index is 5.83. The molecule has 0 aliphatic heterocycles. The van der Waals surface area contributed by atoms with Crippen LogP contribution in [0.1, 0.15) is 19.4 Å². The van der Waals surface area contributed by atoms with Crippen molar-refractivity contribution in [2.45, 2.75) is 20.0 Å². The summed E-state index contributed by atoms with van der Waals surface area (Å²) < 4.78 is 11.3. The van der Waals surface area contributed by atoms with E-state index < -0.39 is 0 Å². The fraction of sp³-hybridized carbons (Fsp3) is 0.333. The van der Waals surface area contributed by atoms with Crippen LogP contribution in [-0.4, -0.2) is 29.3 Å². The Labute approximate surface area is 123 Å². The van der Waals surface area contributed by atoms with Crippen molar-refractivity contribution in [2.75, 3.05) is 13.2 Å². The molecular formula is C15H18N2O2S. The molecule has 2 N–H and O–H groups in total. The van der Waals surface area contributed by atoms with Crippen LogP contribution in [0.5, 0.6) is 5.75 Å². The lowest BCUT2D eigenvalue weighted by Gasteiger charge is -2.14. The summed E-state index contributed by atoms with van der Waals surface area (Å²) in [5, 5.41) is 0.905. The third-order valence-corrected chi connectivity index (χ3v) is 2.99. The lowest BCUT2D eigenvalue weighted by atomic mass is 10.1. The highest BCUT2D eigenvalue weighted by Crippen LogP contribution is 2.28. The summed E-state index contributed by atoms with van der Waals surface area (Å²) in [6.45, 7) is 4.94. The number of rotatable bonds is 6. The Morgan fingerprint density at radius 3 is 2.75 bits per heavy atom. The molecule has 2 rings (SSSR count). The summed E-state index contributed by atoms with van der Waals surface area (Å²) in [6.07, 6.45) is 1.84. The number of aromatic nitrogens is 1. The molecule has 0 aliphatic rings. The van der Waals surface area contributed by atoms with Crippen LogP contribution in [0.3, 0.4) is 0 Å². The van der Waals surface area contributed by atoms with Gasteiger partial charge in [0.1, 0.15) is 17.3 Å². The van der Waals surface area contributed by atoms with Crippen molar-refractivity contribution in [3.8, 4) is 5.75 Å². The smallest absolute Gasteiger partial charge is 0.140 e. The lowest BCUT2D eigenvalue weighted by Crippen LogP contribution is -2.16. The number of nitrogens with zero attached hydrogens (tertiary/aromatic N) is 1. The average molecular weight is 290 g/mol. The second-order valence-corrected chi connectivity index (χ2v) is 5.09. The predicted octanol–water partition coefficient (Wildman–Crippen LogP) is 2.67. The highest BCUT2D eigenvalue weighted by Gasteiger charge is 2.12. The zero-order valence-corrected chi connectivity index (χ0v) is 12.4. The van der Waals surface area contributed by atoms with Gasteiger partial charge in [-0.2, -0.15) is 0 Å². The molecule has 0 fully saturated rings. The van der Waals surface area contributed by atoms with Crippen molar-refractivity contribution in [1.82, 2.24) is 4.98 Å². The van der Waals surface area contributed by atoms with Gasteiger partial charge in [0.2, 0.25) is 0 Å². The van der Waals surface area contributed by atoms with E-state index >= 15 is 0 Å². The van der Waals surface area contributed by atoms with E-state index in [-0.39, 0.29) is 11.1 Å². The van der Waals surface area contributed by atoms with Gasteiger partial charge in [-0.05, 0) is 26.0 Å². The molecule has 0 spiro atoms. The van der Waals surface area contributed by atoms with Crippen LogP contribution in [0.2, 0.25) is 0 Å². The Bertz CT molecular complexity index is 614. The highest BCUT2D eigenvalue weighted by atomic mass is 32.1. The molecule has 4 nitrogen and oxygen atoms in total. The Morgan fingerprint density at radius 2 is 2.05 bits per heavy atom. The van der Waals surface area contributed by atoms with Crippen LogP contribution in [0.25, 0.3) is 10.9 Å². The molecule has 1 aromatic carbocycles. The van der Waals surface area contributed by atoms with Gasteiger partial charge in [-0.15, -0.1) is 0 Å². The number of benzene rings is 1. The standard InChI is InChI=1S/C15H18N2O2S/c1-10(2)18-7-8-19-14-11-5-3-4-6-13(11)17-9-12(14)15(16)20/h3-6,9-10H,7-8H2,1-2H3,(H2,16,20). The fourth-order valence-corrected chi connectivity index (χ4v) is 2.02. The van der Waals surface area contributed by atoms with Crippen molar-refractivity contribution in [3.05, 3.63) is 36.0 Å². The van der Waals surface area contributed by atoms with E-state index in [2.05, 4.69) is 4.98 Å². The number of para-hydroxylation sites is 1. The van der Waals surface area contributed by atoms with Crippen LogP contribution >= 0.6 is 12.2 Å². The molecule has 0 saturated carbocycles. The van der Waals surface area contributed by atoms with Gasteiger partial charge >= 0.3 is 0 Å². The van der Waals surface area contributed by atoms with Gasteiger partial charge in [0.25, 0.3) is 0 Å². The molecule has 0 unspecified atom stereocenters. The second kappa shape index (κ2) is 6.63. The van der Waals surface area contributed by atoms with E-state index in [4.69, 9.17) is 27.4 Å². The number of pyridine rings is 1. The normalized spacial score (nSPS) is 10.9. The molecule has 0 amide bonds. The van der Waals surface area contributed by atoms with Crippen LogP contribution in [0.15, 0.2) is 30.5 Å². The van der Waals surface area contributed by atoms with E-state index in [0.717, 1.165) is 10.9 Å². The number of nitrogens with two attached hydrogens (primary N) is 1. The van der Waals surface area contributed by atoms with Gasteiger partial charge in [0.15, 0.2) is 0 Å². The first-order chi connectivity index (χ1) is 9.59. The zero-order valence-electron chi connectivity index (χ0n) is 11.6. The number of ether oxygens (including phenoxy) is 2. The van der Waals surface area contributed by atoms with Gasteiger partial charge in [-0.1, -0.05) is 24.4 Å². The Hall–Kier alpha value is -1.72. The number of thiocarbonyl (C=S) groups is 1. The van der Waals surface area contributed by atoms with Gasteiger partial charge in [0.05, 0.1) is 23.8 Å². The summed E-state index contributed by atoms with van der Waals surface area (Å²) in [4.78, 5) is 4.62. The van der Waals surface area contributed by atoms with Gasteiger partial charge in [0, 0.05) is 11.6 Å². The molecule has 106 valence electrons. The molecular weight excluding hydrogens is 272 g/mol. The second-order valence-electron chi connectivity index (χ2n) is 4.65. The topological polar surface area (TPSA) is 57.4 Å². The Balaban J connectivity index is 2.28. The first-order valence-electron chi connectivity index (χ1n) is 6.51. The van der Waals surface area contributed by atoms with Crippen molar-refractivity contribution < 1.29 is 9.47 Å². The van der Waals surface area contributed by atoms with E-state index in [1.807, 2.05) is 38.1 Å². The van der Waals surface area contributed by atoms with Crippen molar-refractivity contribution in [1.29, 1.82) is 0 Å². The van der Waals surface area contributed by atoms with Crippen molar-refractivity contribution in [3.63, 3.8) is 0 Å². The molecule has 0 bridgehead atoms.